The van der Waals surface area contributed by atoms with Crippen molar-refractivity contribution in [3.63, 3.8) is 0 Å². The summed E-state index contributed by atoms with van der Waals surface area (Å²) in [6.07, 6.45) is -1.70. The molecule has 1 unspecified atom stereocenters. The number of anilines is 1. The summed E-state index contributed by atoms with van der Waals surface area (Å²) in [5, 5.41) is 26.9. The molecule has 0 aliphatic carbocycles. The standard InChI is InChI=1S/C31H30ClF3N10O6/c1-40-24(22-16-44(39-27(22)31(33,34)35)25-5-3-19(13-36-25)45(50)51)14-37-28(40)29(48)38-18-2-4-21(23(32)12-18)30(49)43-10-8-42(9-11-43)26(47)17-41-7-6-20(46)15-41/h2-5,12-14,16,20,46H,6-11,15,17H2,1H3,(H,38,48). The molecule has 0 radical (unpaired) electrons. The van der Waals surface area contributed by atoms with Gasteiger partial charge in [0.2, 0.25) is 5.91 Å². The number of halogens is 4. The van der Waals surface area contributed by atoms with Crippen LogP contribution in [0.15, 0.2) is 48.9 Å². The topological polar surface area (TPSA) is 185 Å². The van der Waals surface area contributed by atoms with Gasteiger partial charge in [0.25, 0.3) is 17.5 Å². The Kier molecular flexibility index (Phi) is 9.78. The van der Waals surface area contributed by atoms with E-state index in [4.69, 9.17) is 11.6 Å². The molecule has 4 aromatic rings. The lowest BCUT2D eigenvalue weighted by Gasteiger charge is -2.35. The molecule has 2 fully saturated rings. The number of imidazole rings is 1. The van der Waals surface area contributed by atoms with E-state index < -0.39 is 34.4 Å². The number of alkyl halides is 3. The molecule has 1 atom stereocenters. The first-order valence-electron chi connectivity index (χ1n) is 15.6. The molecule has 2 aliphatic rings. The largest absolute Gasteiger partial charge is 0.435 e. The van der Waals surface area contributed by atoms with E-state index in [1.807, 2.05) is 4.90 Å². The van der Waals surface area contributed by atoms with Gasteiger partial charge in [-0.05, 0) is 30.7 Å². The number of β-amino-alcohol motifs (C(OH)–C–C–N with tert-alkyl or cyclic N) is 1. The number of hydrogen-bond donors (Lipinski definition) is 2. The van der Waals surface area contributed by atoms with Gasteiger partial charge in [0.15, 0.2) is 17.3 Å². The second-order valence-electron chi connectivity index (χ2n) is 12.0. The van der Waals surface area contributed by atoms with Crippen LogP contribution in [-0.2, 0) is 18.0 Å². The highest BCUT2D eigenvalue weighted by Crippen LogP contribution is 2.37. The van der Waals surface area contributed by atoms with E-state index in [9.17, 15) is 42.8 Å². The van der Waals surface area contributed by atoms with Crippen molar-refractivity contribution in [1.82, 2.24) is 39.0 Å². The molecule has 0 spiro atoms. The summed E-state index contributed by atoms with van der Waals surface area (Å²) in [6.45, 7) is 2.61. The summed E-state index contributed by atoms with van der Waals surface area (Å²) >= 11 is 6.45. The zero-order chi connectivity index (χ0) is 36.6. The minimum atomic E-state index is -4.91. The highest BCUT2D eigenvalue weighted by atomic mass is 35.5. The van der Waals surface area contributed by atoms with Gasteiger partial charge in [-0.25, -0.2) is 14.6 Å². The van der Waals surface area contributed by atoms with Crippen molar-refractivity contribution in [3.8, 4) is 17.1 Å². The maximum Gasteiger partial charge on any atom is 0.435 e. The normalized spacial score (nSPS) is 16.8. The van der Waals surface area contributed by atoms with Crippen molar-refractivity contribution < 1.29 is 37.6 Å². The summed E-state index contributed by atoms with van der Waals surface area (Å²) in [4.78, 5) is 62.4. The van der Waals surface area contributed by atoms with Gasteiger partial charge in [0.1, 0.15) is 6.20 Å². The molecule has 6 rings (SSSR count). The summed E-state index contributed by atoms with van der Waals surface area (Å²) < 4.78 is 44.1. The van der Waals surface area contributed by atoms with Crippen LogP contribution in [0.1, 0.15) is 33.1 Å². The molecule has 2 saturated heterocycles. The minimum absolute atomic E-state index is 0.0477. The lowest BCUT2D eigenvalue weighted by molar-refractivity contribution is -0.385. The van der Waals surface area contributed by atoms with E-state index in [1.54, 1.807) is 9.80 Å². The van der Waals surface area contributed by atoms with Crippen molar-refractivity contribution in [2.45, 2.75) is 18.7 Å². The summed E-state index contributed by atoms with van der Waals surface area (Å²) in [7, 11) is 1.34. The Bertz CT molecular complexity index is 1990. The summed E-state index contributed by atoms with van der Waals surface area (Å²) in [5.41, 5.74) is -1.79. The smallest absolute Gasteiger partial charge is 0.392 e. The molecule has 20 heteroatoms. The number of carbonyl (C=O) groups is 3. The molecule has 2 aliphatic heterocycles. The first kappa shape index (κ1) is 35.4. The SMILES string of the molecule is Cn1c(-c2cn(-c3ccc([N+](=O)[O-])cn3)nc2C(F)(F)F)cnc1C(=O)Nc1ccc(C(=O)N2CCN(C(=O)CN3CCC(O)C3)CC2)c(Cl)c1. The number of nitrogens with one attached hydrogen (secondary N) is 1. The molecule has 2 N–H and O–H groups in total. The zero-order valence-electron chi connectivity index (χ0n) is 26.9. The number of piperazine rings is 1. The quantitative estimate of drug-likeness (QED) is 0.202. The number of likely N-dealkylation sites (tertiary alicyclic amines) is 1. The lowest BCUT2D eigenvalue weighted by Crippen LogP contribution is -2.52. The minimum Gasteiger partial charge on any atom is -0.392 e. The lowest BCUT2D eigenvalue weighted by atomic mass is 10.1. The highest BCUT2D eigenvalue weighted by Gasteiger charge is 2.39. The van der Waals surface area contributed by atoms with E-state index in [2.05, 4.69) is 20.4 Å². The number of aliphatic hydroxyl groups is 1. The maximum atomic E-state index is 14.0. The first-order valence-corrected chi connectivity index (χ1v) is 16.0. The molecule has 3 aromatic heterocycles. The zero-order valence-corrected chi connectivity index (χ0v) is 27.6. The number of carbonyl (C=O) groups excluding carboxylic acids is 3. The average molecular weight is 731 g/mol. The van der Waals surface area contributed by atoms with E-state index >= 15 is 0 Å². The van der Waals surface area contributed by atoms with Gasteiger partial charge < -0.3 is 24.8 Å². The van der Waals surface area contributed by atoms with Gasteiger partial charge in [-0.1, -0.05) is 11.6 Å². The van der Waals surface area contributed by atoms with Gasteiger partial charge in [-0.15, -0.1) is 0 Å². The number of benzene rings is 1. The Morgan fingerprint density at radius 1 is 1.06 bits per heavy atom. The highest BCUT2D eigenvalue weighted by molar-refractivity contribution is 6.34. The Balaban J connectivity index is 1.12. The van der Waals surface area contributed by atoms with Gasteiger partial charge in [-0.2, -0.15) is 18.3 Å². The van der Waals surface area contributed by atoms with Crippen molar-refractivity contribution >= 4 is 40.7 Å². The van der Waals surface area contributed by atoms with Crippen molar-refractivity contribution in [1.29, 1.82) is 0 Å². The molecule has 3 amide bonds. The number of amides is 3. The van der Waals surface area contributed by atoms with E-state index in [0.717, 1.165) is 40.0 Å². The third-order valence-electron chi connectivity index (χ3n) is 8.61. The van der Waals surface area contributed by atoms with Crippen LogP contribution in [0, 0.1) is 10.1 Å². The first-order chi connectivity index (χ1) is 24.2. The summed E-state index contributed by atoms with van der Waals surface area (Å²) in [5.74, 6) is -1.55. The molecule has 0 saturated carbocycles. The number of aromatic nitrogens is 5. The third kappa shape index (κ3) is 7.54. The van der Waals surface area contributed by atoms with Crippen molar-refractivity contribution in [2.24, 2.45) is 7.05 Å². The fraction of sp³-hybridized carbons (Fsp3) is 0.355. The molecular weight excluding hydrogens is 701 g/mol. The fourth-order valence-corrected chi connectivity index (χ4v) is 6.17. The van der Waals surface area contributed by atoms with Crippen LogP contribution in [0.2, 0.25) is 5.02 Å². The van der Waals surface area contributed by atoms with Crippen LogP contribution in [0.3, 0.4) is 0 Å². The third-order valence-corrected chi connectivity index (χ3v) is 8.92. The molecule has 5 heterocycles. The van der Waals surface area contributed by atoms with Gasteiger partial charge in [0.05, 0.1) is 45.6 Å². The maximum absolute atomic E-state index is 14.0. The Morgan fingerprint density at radius 3 is 2.39 bits per heavy atom. The van der Waals surface area contributed by atoms with Crippen LogP contribution in [0.25, 0.3) is 17.1 Å². The second kappa shape index (κ2) is 14.1. The fourth-order valence-electron chi connectivity index (χ4n) is 5.91. The number of pyridine rings is 1. The number of nitro groups is 1. The molecular formula is C31H30ClF3N10O6. The van der Waals surface area contributed by atoms with E-state index in [-0.39, 0.29) is 57.7 Å². The number of nitrogens with zero attached hydrogens (tertiary/aromatic N) is 9. The Labute approximate surface area is 292 Å². The van der Waals surface area contributed by atoms with Crippen molar-refractivity contribution in [3.05, 3.63) is 81.1 Å². The van der Waals surface area contributed by atoms with Crippen LogP contribution in [0.4, 0.5) is 24.5 Å². The summed E-state index contributed by atoms with van der Waals surface area (Å²) in [6, 6.07) is 6.48. The second-order valence-corrected chi connectivity index (χ2v) is 12.4. The van der Waals surface area contributed by atoms with Crippen LogP contribution in [0.5, 0.6) is 0 Å². The number of rotatable bonds is 8. The molecule has 1 aromatic carbocycles. The molecule has 51 heavy (non-hydrogen) atoms. The van der Waals surface area contributed by atoms with Crippen molar-refractivity contribution in [2.75, 3.05) is 51.1 Å². The van der Waals surface area contributed by atoms with Crippen LogP contribution < -0.4 is 5.32 Å². The van der Waals surface area contributed by atoms with Gasteiger partial charge in [0, 0.05) is 64.3 Å². The van der Waals surface area contributed by atoms with Crippen LogP contribution >= 0.6 is 11.6 Å². The molecule has 16 nitrogen and oxygen atoms in total. The van der Waals surface area contributed by atoms with E-state index in [1.165, 1.54) is 25.2 Å². The monoisotopic (exact) mass is 730 g/mol. The average Bonchev–Trinajstić information content (AvgIpc) is 3.82. The van der Waals surface area contributed by atoms with Gasteiger partial charge in [-0.3, -0.25) is 29.4 Å². The Morgan fingerprint density at radius 2 is 1.78 bits per heavy atom. The Hall–Kier alpha value is -5.40. The van der Waals surface area contributed by atoms with E-state index in [0.29, 0.717) is 45.7 Å². The molecule has 268 valence electrons. The van der Waals surface area contributed by atoms with Crippen LogP contribution in [-0.4, -0.2) is 119 Å². The number of aliphatic hydroxyl groups excluding tert-OH is 1. The molecule has 0 bridgehead atoms. The van der Waals surface area contributed by atoms with Gasteiger partial charge >= 0.3 is 6.18 Å². The number of hydrogen-bond acceptors (Lipinski definition) is 10. The predicted octanol–water partition coefficient (Wildman–Crippen LogP) is 2.85. The predicted molar refractivity (Wildman–Crippen MR) is 174 cm³/mol.